The summed E-state index contributed by atoms with van der Waals surface area (Å²) in [7, 11) is -3.49. The number of pyridine rings is 1. The number of nitrogens with one attached hydrogen (secondary N) is 1. The van der Waals surface area contributed by atoms with Crippen molar-refractivity contribution in [3.8, 4) is 0 Å². The van der Waals surface area contributed by atoms with Gasteiger partial charge in [-0.3, -0.25) is 4.98 Å². The van der Waals surface area contributed by atoms with Crippen LogP contribution in [0.15, 0.2) is 59.6 Å². The van der Waals surface area contributed by atoms with E-state index in [2.05, 4.69) is 9.71 Å². The lowest BCUT2D eigenvalue weighted by Gasteiger charge is -2.10. The summed E-state index contributed by atoms with van der Waals surface area (Å²) < 4.78 is 27.5. The SMILES string of the molecule is Cc1ccc(S(=O)(=O)NCCc2cccc3cccnc23)cc1C. The Kier molecular flexibility index (Phi) is 4.64. The first-order valence-corrected chi connectivity index (χ1v) is 9.35. The molecule has 0 aliphatic heterocycles. The van der Waals surface area contributed by atoms with Crippen molar-refractivity contribution in [2.45, 2.75) is 25.2 Å². The summed E-state index contributed by atoms with van der Waals surface area (Å²) in [6.45, 7) is 4.22. The van der Waals surface area contributed by atoms with E-state index in [0.717, 1.165) is 27.6 Å². The molecule has 0 fully saturated rings. The van der Waals surface area contributed by atoms with Gasteiger partial charge in [0.05, 0.1) is 10.4 Å². The molecule has 2 aromatic carbocycles. The van der Waals surface area contributed by atoms with Crippen LogP contribution in [0, 0.1) is 13.8 Å². The average Bonchev–Trinajstić information content (AvgIpc) is 2.57. The summed E-state index contributed by atoms with van der Waals surface area (Å²) in [6, 6.07) is 15.0. The third-order valence-electron chi connectivity index (χ3n) is 4.19. The largest absolute Gasteiger partial charge is 0.256 e. The lowest BCUT2D eigenvalue weighted by atomic mass is 10.1. The lowest BCUT2D eigenvalue weighted by Crippen LogP contribution is -2.26. The second kappa shape index (κ2) is 6.71. The number of sulfonamides is 1. The highest BCUT2D eigenvalue weighted by Crippen LogP contribution is 2.17. The highest BCUT2D eigenvalue weighted by Gasteiger charge is 2.14. The molecule has 0 saturated heterocycles. The Hall–Kier alpha value is -2.24. The number of para-hydroxylation sites is 1. The molecule has 0 aliphatic carbocycles. The molecule has 124 valence electrons. The van der Waals surface area contributed by atoms with Crippen LogP contribution in [0.3, 0.4) is 0 Å². The number of rotatable bonds is 5. The first-order chi connectivity index (χ1) is 11.5. The second-order valence-electron chi connectivity index (χ2n) is 5.89. The van der Waals surface area contributed by atoms with Crippen LogP contribution in [0.2, 0.25) is 0 Å². The van der Waals surface area contributed by atoms with Crippen molar-refractivity contribution in [1.82, 2.24) is 9.71 Å². The minimum Gasteiger partial charge on any atom is -0.256 e. The Morgan fingerprint density at radius 1 is 1.00 bits per heavy atom. The molecule has 0 amide bonds. The Labute approximate surface area is 142 Å². The van der Waals surface area contributed by atoms with E-state index >= 15 is 0 Å². The van der Waals surface area contributed by atoms with Gasteiger partial charge < -0.3 is 0 Å². The topological polar surface area (TPSA) is 59.1 Å². The van der Waals surface area contributed by atoms with Crippen molar-refractivity contribution < 1.29 is 8.42 Å². The van der Waals surface area contributed by atoms with E-state index in [1.165, 1.54) is 0 Å². The molecule has 1 N–H and O–H groups in total. The monoisotopic (exact) mass is 340 g/mol. The maximum Gasteiger partial charge on any atom is 0.240 e. The predicted octanol–water partition coefficient (Wildman–Crippen LogP) is 3.37. The maximum absolute atomic E-state index is 12.4. The van der Waals surface area contributed by atoms with Crippen LogP contribution in [-0.2, 0) is 16.4 Å². The Balaban J connectivity index is 1.74. The smallest absolute Gasteiger partial charge is 0.240 e. The molecule has 3 aromatic rings. The zero-order valence-electron chi connectivity index (χ0n) is 13.8. The molecule has 0 radical (unpaired) electrons. The van der Waals surface area contributed by atoms with Crippen LogP contribution < -0.4 is 4.72 Å². The third-order valence-corrected chi connectivity index (χ3v) is 5.65. The molecule has 4 nitrogen and oxygen atoms in total. The molecule has 24 heavy (non-hydrogen) atoms. The Morgan fingerprint density at radius 3 is 2.58 bits per heavy atom. The number of fused-ring (bicyclic) bond motifs is 1. The van der Waals surface area contributed by atoms with Crippen molar-refractivity contribution >= 4 is 20.9 Å². The van der Waals surface area contributed by atoms with Crippen molar-refractivity contribution in [3.63, 3.8) is 0 Å². The molecule has 3 rings (SSSR count). The summed E-state index contributed by atoms with van der Waals surface area (Å²) >= 11 is 0. The highest BCUT2D eigenvalue weighted by molar-refractivity contribution is 7.89. The second-order valence-corrected chi connectivity index (χ2v) is 7.65. The molecule has 0 aliphatic rings. The molecular weight excluding hydrogens is 320 g/mol. The van der Waals surface area contributed by atoms with Crippen molar-refractivity contribution in [1.29, 1.82) is 0 Å². The molecule has 0 bridgehead atoms. The zero-order valence-corrected chi connectivity index (χ0v) is 14.6. The van der Waals surface area contributed by atoms with Gasteiger partial charge in [-0.05, 0) is 55.2 Å². The molecular formula is C19H20N2O2S. The summed E-state index contributed by atoms with van der Waals surface area (Å²) in [6.07, 6.45) is 2.35. The van der Waals surface area contributed by atoms with Crippen LogP contribution in [0.25, 0.3) is 10.9 Å². The fourth-order valence-electron chi connectivity index (χ4n) is 2.65. The van der Waals surface area contributed by atoms with Crippen LogP contribution in [0.4, 0.5) is 0 Å². The number of hydrogen-bond donors (Lipinski definition) is 1. The molecule has 5 heteroatoms. The van der Waals surface area contributed by atoms with Gasteiger partial charge >= 0.3 is 0 Å². The first kappa shape index (κ1) is 16.6. The van der Waals surface area contributed by atoms with E-state index in [1.807, 2.05) is 50.2 Å². The summed E-state index contributed by atoms with van der Waals surface area (Å²) in [5, 5.41) is 1.06. The van der Waals surface area contributed by atoms with E-state index in [0.29, 0.717) is 17.9 Å². The van der Waals surface area contributed by atoms with Crippen LogP contribution >= 0.6 is 0 Å². The summed E-state index contributed by atoms with van der Waals surface area (Å²) in [4.78, 5) is 4.71. The molecule has 1 heterocycles. The van der Waals surface area contributed by atoms with Crippen molar-refractivity contribution in [2.75, 3.05) is 6.54 Å². The normalized spacial score (nSPS) is 11.8. The zero-order chi connectivity index (χ0) is 17.2. The predicted molar refractivity (Wildman–Crippen MR) is 96.6 cm³/mol. The number of aromatic nitrogens is 1. The van der Waals surface area contributed by atoms with E-state index in [9.17, 15) is 8.42 Å². The lowest BCUT2D eigenvalue weighted by molar-refractivity contribution is 0.581. The van der Waals surface area contributed by atoms with Crippen molar-refractivity contribution in [2.24, 2.45) is 0 Å². The first-order valence-electron chi connectivity index (χ1n) is 7.87. The van der Waals surface area contributed by atoms with E-state index < -0.39 is 10.0 Å². The Morgan fingerprint density at radius 2 is 1.79 bits per heavy atom. The standard InChI is InChI=1S/C19H20N2O2S/c1-14-8-9-18(13-15(14)2)24(22,23)21-12-10-17-6-3-5-16-7-4-11-20-19(16)17/h3-9,11,13,21H,10,12H2,1-2H3. The van der Waals surface area contributed by atoms with E-state index in [4.69, 9.17) is 0 Å². The van der Waals surface area contributed by atoms with Gasteiger partial charge in [-0.2, -0.15) is 0 Å². The fourth-order valence-corrected chi connectivity index (χ4v) is 3.77. The average molecular weight is 340 g/mol. The van der Waals surface area contributed by atoms with Gasteiger partial charge in [-0.1, -0.05) is 30.3 Å². The molecule has 0 atom stereocenters. The van der Waals surface area contributed by atoms with Gasteiger partial charge in [-0.15, -0.1) is 0 Å². The Bertz CT molecular complexity index is 976. The number of nitrogens with zero attached hydrogens (tertiary/aromatic N) is 1. The van der Waals surface area contributed by atoms with Crippen LogP contribution in [-0.4, -0.2) is 19.9 Å². The molecule has 0 saturated carbocycles. The van der Waals surface area contributed by atoms with Gasteiger partial charge in [0.15, 0.2) is 0 Å². The minimum atomic E-state index is -3.49. The van der Waals surface area contributed by atoms with Gasteiger partial charge in [0.2, 0.25) is 10.0 Å². The molecule has 1 aromatic heterocycles. The van der Waals surface area contributed by atoms with Gasteiger partial charge in [-0.25, -0.2) is 13.1 Å². The summed E-state index contributed by atoms with van der Waals surface area (Å²) in [5.41, 5.74) is 4.01. The van der Waals surface area contributed by atoms with Crippen LogP contribution in [0.5, 0.6) is 0 Å². The number of aryl methyl sites for hydroxylation is 2. The fraction of sp³-hybridized carbons (Fsp3) is 0.211. The highest BCUT2D eigenvalue weighted by atomic mass is 32.2. The molecule has 0 spiro atoms. The summed E-state index contributed by atoms with van der Waals surface area (Å²) in [5.74, 6) is 0. The van der Waals surface area contributed by atoms with E-state index in [-0.39, 0.29) is 0 Å². The van der Waals surface area contributed by atoms with Gasteiger partial charge in [0.1, 0.15) is 0 Å². The van der Waals surface area contributed by atoms with Gasteiger partial charge in [0, 0.05) is 18.1 Å². The third kappa shape index (κ3) is 3.47. The van der Waals surface area contributed by atoms with E-state index in [1.54, 1.807) is 18.3 Å². The van der Waals surface area contributed by atoms with Crippen molar-refractivity contribution in [3.05, 3.63) is 71.4 Å². The quantitative estimate of drug-likeness (QED) is 0.775. The maximum atomic E-state index is 12.4. The van der Waals surface area contributed by atoms with Gasteiger partial charge in [0.25, 0.3) is 0 Å². The number of hydrogen-bond acceptors (Lipinski definition) is 3. The minimum absolute atomic E-state index is 0.307. The molecule has 0 unspecified atom stereocenters. The number of benzene rings is 2. The van der Waals surface area contributed by atoms with Crippen LogP contribution in [0.1, 0.15) is 16.7 Å².